The number of rotatable bonds is 4. The number of phenolic OH excluding ortho intramolecular Hbond substituents is 1. The fourth-order valence-electron chi connectivity index (χ4n) is 2.10. The molecule has 21 heavy (non-hydrogen) atoms. The molecule has 1 aromatic carbocycles. The number of fused-ring (bicyclic) bond motifs is 1. The Labute approximate surface area is 138 Å². The van der Waals surface area contributed by atoms with E-state index < -0.39 is 0 Å². The normalized spacial score (nSPS) is 10.7. The van der Waals surface area contributed by atoms with E-state index in [4.69, 9.17) is 23.2 Å². The molecular weight excluding hydrogens is 337 g/mol. The lowest BCUT2D eigenvalue weighted by Crippen LogP contribution is -2.28. The highest BCUT2D eigenvalue weighted by Crippen LogP contribution is 2.34. The number of halogens is 3. The Hall–Kier alpha value is -1.01. The second-order valence-electron chi connectivity index (χ2n) is 4.43. The minimum Gasteiger partial charge on any atom is -0.504 e. The van der Waals surface area contributed by atoms with Crippen molar-refractivity contribution in [2.24, 2.45) is 0 Å². The molecule has 116 valence electrons. The topological polar surface area (TPSA) is 67.2 Å². The van der Waals surface area contributed by atoms with Crippen LogP contribution in [0.25, 0.3) is 10.9 Å². The van der Waals surface area contributed by atoms with Gasteiger partial charge in [0.1, 0.15) is 11.3 Å². The van der Waals surface area contributed by atoms with E-state index in [2.05, 4.69) is 10.3 Å². The summed E-state index contributed by atoms with van der Waals surface area (Å²) in [4.78, 5) is 16.9. The van der Waals surface area contributed by atoms with Gasteiger partial charge in [-0.25, -0.2) is 4.98 Å². The van der Waals surface area contributed by atoms with Gasteiger partial charge in [0.05, 0.1) is 22.0 Å². The van der Waals surface area contributed by atoms with Crippen LogP contribution in [0.5, 0.6) is 5.75 Å². The number of aromatic hydroxyl groups is 1. The highest BCUT2D eigenvalue weighted by Gasteiger charge is 2.17. The van der Waals surface area contributed by atoms with Gasteiger partial charge >= 0.3 is 0 Å². The molecule has 2 aromatic rings. The highest BCUT2D eigenvalue weighted by molar-refractivity contribution is 6.39. The van der Waals surface area contributed by atoms with Crippen LogP contribution in [0.1, 0.15) is 19.2 Å². The maximum absolute atomic E-state index is 12.6. The van der Waals surface area contributed by atoms with Crippen molar-refractivity contribution >= 4 is 46.5 Å². The first-order chi connectivity index (χ1) is 9.51. The second kappa shape index (κ2) is 7.31. The first-order valence-corrected chi connectivity index (χ1v) is 7.01. The molecule has 0 radical (unpaired) electrons. The zero-order valence-corrected chi connectivity index (χ0v) is 13.9. The van der Waals surface area contributed by atoms with Crippen LogP contribution in [-0.4, -0.2) is 21.7 Å². The average molecular weight is 353 g/mol. The maximum Gasteiger partial charge on any atom is 0.263 e. The lowest BCUT2D eigenvalue weighted by molar-refractivity contribution is 0.479. The summed E-state index contributed by atoms with van der Waals surface area (Å²) in [5.41, 5.74) is -0.121. The van der Waals surface area contributed by atoms with Crippen molar-refractivity contribution in [3.8, 4) is 5.75 Å². The Balaban J connectivity index is 0.00000220. The lowest BCUT2D eigenvalue weighted by atomic mass is 10.2. The van der Waals surface area contributed by atoms with Gasteiger partial charge in [-0.3, -0.25) is 9.36 Å². The monoisotopic (exact) mass is 351 g/mol. The van der Waals surface area contributed by atoms with Crippen molar-refractivity contribution in [3.63, 3.8) is 0 Å². The van der Waals surface area contributed by atoms with E-state index in [1.54, 1.807) is 11.6 Å². The van der Waals surface area contributed by atoms with E-state index in [-0.39, 0.29) is 44.7 Å². The summed E-state index contributed by atoms with van der Waals surface area (Å²) in [7, 11) is 1.76. The predicted octanol–water partition coefficient (Wildman–Crippen LogP) is 2.96. The summed E-state index contributed by atoms with van der Waals surface area (Å²) in [5.74, 6) is 0.324. The third-order valence-electron chi connectivity index (χ3n) is 2.97. The van der Waals surface area contributed by atoms with E-state index in [9.17, 15) is 9.90 Å². The Bertz CT molecular complexity index is 716. The molecule has 0 saturated heterocycles. The first kappa shape index (κ1) is 18.0. The zero-order valence-electron chi connectivity index (χ0n) is 11.6. The van der Waals surface area contributed by atoms with E-state index in [1.807, 2.05) is 6.92 Å². The molecule has 0 aliphatic heterocycles. The fraction of sp³-hybridized carbons (Fsp3) is 0.385. The molecule has 0 spiro atoms. The van der Waals surface area contributed by atoms with Crippen LogP contribution >= 0.6 is 35.6 Å². The quantitative estimate of drug-likeness (QED) is 0.888. The number of hydrogen-bond acceptors (Lipinski definition) is 4. The largest absolute Gasteiger partial charge is 0.504 e. The van der Waals surface area contributed by atoms with Crippen LogP contribution < -0.4 is 10.9 Å². The molecule has 0 saturated carbocycles. The zero-order chi connectivity index (χ0) is 14.9. The van der Waals surface area contributed by atoms with Crippen molar-refractivity contribution in [1.82, 2.24) is 14.9 Å². The molecule has 2 N–H and O–H groups in total. The molecular formula is C13H16Cl3N3O2. The minimum atomic E-state index is -0.265. The van der Waals surface area contributed by atoms with Crippen LogP contribution in [-0.2, 0) is 13.1 Å². The summed E-state index contributed by atoms with van der Waals surface area (Å²) in [5, 5.41) is 13.4. The van der Waals surface area contributed by atoms with Crippen molar-refractivity contribution in [3.05, 3.63) is 32.3 Å². The predicted molar refractivity (Wildman–Crippen MR) is 88.0 cm³/mol. The molecule has 0 bridgehead atoms. The van der Waals surface area contributed by atoms with Crippen molar-refractivity contribution < 1.29 is 5.11 Å². The second-order valence-corrected chi connectivity index (χ2v) is 5.24. The molecule has 0 fully saturated rings. The van der Waals surface area contributed by atoms with E-state index in [0.717, 1.165) is 6.42 Å². The van der Waals surface area contributed by atoms with E-state index in [1.165, 1.54) is 6.07 Å². The Morgan fingerprint density at radius 2 is 2.05 bits per heavy atom. The van der Waals surface area contributed by atoms with Crippen molar-refractivity contribution in [1.29, 1.82) is 0 Å². The SMILES string of the molecule is CCCn1c(CNC)nc2c(O)c(Cl)cc(Cl)c2c1=O.Cl. The van der Waals surface area contributed by atoms with E-state index in [0.29, 0.717) is 18.9 Å². The molecule has 5 nitrogen and oxygen atoms in total. The van der Waals surface area contributed by atoms with Crippen molar-refractivity contribution in [2.75, 3.05) is 7.05 Å². The van der Waals surface area contributed by atoms with Crippen LogP contribution in [0.3, 0.4) is 0 Å². The van der Waals surface area contributed by atoms with Gasteiger partial charge in [-0.1, -0.05) is 30.1 Å². The minimum absolute atomic E-state index is 0. The van der Waals surface area contributed by atoms with Crippen LogP contribution in [0.4, 0.5) is 0 Å². The standard InChI is InChI=1S/C13H15Cl2N3O2.ClH/c1-3-4-18-9(6-16-2)17-11-10(13(18)20)7(14)5-8(15)12(11)19;/h5,16,19H,3-4,6H2,1-2H3;1H. The van der Waals surface area contributed by atoms with Gasteiger partial charge in [0.2, 0.25) is 0 Å². The number of hydrogen-bond donors (Lipinski definition) is 2. The molecule has 1 aromatic heterocycles. The van der Waals surface area contributed by atoms with Gasteiger partial charge in [0.15, 0.2) is 5.75 Å². The molecule has 0 aliphatic rings. The summed E-state index contributed by atoms with van der Waals surface area (Å²) in [6, 6.07) is 1.36. The van der Waals surface area contributed by atoms with Gasteiger partial charge in [-0.15, -0.1) is 12.4 Å². The van der Waals surface area contributed by atoms with Crippen LogP contribution in [0, 0.1) is 0 Å². The van der Waals surface area contributed by atoms with Gasteiger partial charge in [0.25, 0.3) is 5.56 Å². The third-order valence-corrected chi connectivity index (χ3v) is 3.56. The van der Waals surface area contributed by atoms with Gasteiger partial charge in [-0.05, 0) is 19.5 Å². The Morgan fingerprint density at radius 1 is 1.38 bits per heavy atom. The molecule has 0 unspecified atom stereocenters. The third kappa shape index (κ3) is 3.26. The van der Waals surface area contributed by atoms with Gasteiger partial charge in [0, 0.05) is 6.54 Å². The highest BCUT2D eigenvalue weighted by atomic mass is 35.5. The average Bonchev–Trinajstić information content (AvgIpc) is 2.40. The number of benzene rings is 1. The van der Waals surface area contributed by atoms with Crippen LogP contribution in [0.15, 0.2) is 10.9 Å². The Kier molecular flexibility index (Phi) is 6.28. The molecule has 1 heterocycles. The smallest absolute Gasteiger partial charge is 0.263 e. The summed E-state index contributed by atoms with van der Waals surface area (Å²) in [6.45, 7) is 2.92. The molecule has 0 aliphatic carbocycles. The fourth-order valence-corrected chi connectivity index (χ4v) is 2.63. The lowest BCUT2D eigenvalue weighted by Gasteiger charge is -2.14. The van der Waals surface area contributed by atoms with Gasteiger partial charge in [-0.2, -0.15) is 0 Å². The summed E-state index contributed by atoms with van der Waals surface area (Å²) >= 11 is 12.0. The summed E-state index contributed by atoms with van der Waals surface area (Å²) in [6.07, 6.45) is 0.793. The van der Waals surface area contributed by atoms with Crippen molar-refractivity contribution in [2.45, 2.75) is 26.4 Å². The number of phenols is 1. The number of nitrogens with one attached hydrogen (secondary N) is 1. The Morgan fingerprint density at radius 3 is 2.62 bits per heavy atom. The molecule has 8 heteroatoms. The maximum atomic E-state index is 12.6. The molecule has 0 atom stereocenters. The van der Waals surface area contributed by atoms with E-state index >= 15 is 0 Å². The summed E-state index contributed by atoms with van der Waals surface area (Å²) < 4.78 is 1.57. The van der Waals surface area contributed by atoms with Gasteiger partial charge < -0.3 is 10.4 Å². The molecule has 0 amide bonds. The number of nitrogens with zero attached hydrogens (tertiary/aromatic N) is 2. The molecule has 2 rings (SSSR count). The number of aromatic nitrogens is 2. The van der Waals surface area contributed by atoms with Crippen LogP contribution in [0.2, 0.25) is 10.0 Å². The first-order valence-electron chi connectivity index (χ1n) is 6.26.